The normalized spacial score (nSPS) is 12.2. The van der Waals surface area contributed by atoms with E-state index in [0.29, 0.717) is 6.07 Å². The summed E-state index contributed by atoms with van der Waals surface area (Å²) >= 11 is 0. The molecule has 0 saturated carbocycles. The molecule has 1 atom stereocenters. The molecular weight excluding hydrogens is 230 g/mol. The van der Waals surface area contributed by atoms with Crippen molar-refractivity contribution in [3.63, 3.8) is 0 Å². The Kier molecular flexibility index (Phi) is 4.99. The molecule has 1 amide bonds. The minimum atomic E-state index is -1.12. The van der Waals surface area contributed by atoms with E-state index in [1.807, 2.05) is 0 Å². The number of aliphatic hydroxyl groups is 1. The molecule has 17 heavy (non-hydrogen) atoms. The monoisotopic (exact) mass is 244 g/mol. The lowest BCUT2D eigenvalue weighted by molar-refractivity contribution is -0.119. The first-order chi connectivity index (χ1) is 8.04. The summed E-state index contributed by atoms with van der Waals surface area (Å²) in [6.07, 6.45) is -1.12. The Labute approximate surface area is 97.6 Å². The van der Waals surface area contributed by atoms with Gasteiger partial charge in [0, 0.05) is 25.2 Å². The van der Waals surface area contributed by atoms with Gasteiger partial charge in [-0.25, -0.2) is 8.78 Å². The Balaban J connectivity index is 2.52. The lowest BCUT2D eigenvalue weighted by Gasteiger charge is -2.12. The predicted molar refractivity (Wildman–Crippen MR) is 58.3 cm³/mol. The fraction of sp³-hybridized carbons (Fsp3) is 0.364. The van der Waals surface area contributed by atoms with Gasteiger partial charge in [-0.3, -0.25) is 4.79 Å². The summed E-state index contributed by atoms with van der Waals surface area (Å²) < 4.78 is 25.9. The molecule has 0 aliphatic carbocycles. The third-order valence-corrected chi connectivity index (χ3v) is 2.22. The van der Waals surface area contributed by atoms with Crippen LogP contribution in [0.4, 0.5) is 8.78 Å². The van der Waals surface area contributed by atoms with Crippen LogP contribution in [0.15, 0.2) is 18.2 Å². The summed E-state index contributed by atoms with van der Waals surface area (Å²) in [6, 6.07) is 2.95. The average Bonchev–Trinajstić information content (AvgIpc) is 2.28. The van der Waals surface area contributed by atoms with Crippen molar-refractivity contribution >= 4 is 5.91 Å². The van der Waals surface area contributed by atoms with E-state index in [1.54, 1.807) is 0 Å². The highest BCUT2D eigenvalue weighted by Crippen LogP contribution is 2.17. The Morgan fingerprint density at radius 2 is 2.18 bits per heavy atom. The van der Waals surface area contributed by atoms with E-state index in [9.17, 15) is 18.7 Å². The zero-order valence-corrected chi connectivity index (χ0v) is 9.34. The first-order valence-electron chi connectivity index (χ1n) is 5.09. The molecule has 3 N–H and O–H groups in total. The second-order valence-corrected chi connectivity index (χ2v) is 3.49. The van der Waals surface area contributed by atoms with E-state index in [-0.39, 0.29) is 24.6 Å². The molecule has 0 spiro atoms. The Hall–Kier alpha value is -1.53. The molecule has 1 rings (SSSR count). The summed E-state index contributed by atoms with van der Waals surface area (Å²) in [7, 11) is 1.49. The molecule has 0 aromatic heterocycles. The van der Waals surface area contributed by atoms with Gasteiger partial charge in [-0.1, -0.05) is 6.07 Å². The number of hydrogen-bond acceptors (Lipinski definition) is 3. The molecule has 1 aromatic rings. The van der Waals surface area contributed by atoms with Crippen molar-refractivity contribution in [1.29, 1.82) is 0 Å². The second kappa shape index (κ2) is 6.27. The highest BCUT2D eigenvalue weighted by atomic mass is 19.1. The van der Waals surface area contributed by atoms with Crippen LogP contribution in [0.3, 0.4) is 0 Å². The molecule has 0 aliphatic heterocycles. The predicted octanol–water partition coefficient (Wildman–Crippen LogP) is 0.334. The van der Waals surface area contributed by atoms with Gasteiger partial charge in [0.05, 0.1) is 12.6 Å². The number of amides is 1. The number of hydrogen-bond donors (Lipinski definition) is 3. The molecule has 1 unspecified atom stereocenters. The van der Waals surface area contributed by atoms with Gasteiger partial charge in [0.2, 0.25) is 5.91 Å². The third-order valence-electron chi connectivity index (χ3n) is 2.22. The number of carbonyl (C=O) groups excluding carboxylic acids is 1. The van der Waals surface area contributed by atoms with Gasteiger partial charge in [0.1, 0.15) is 11.6 Å². The van der Waals surface area contributed by atoms with Crippen molar-refractivity contribution in [2.24, 2.45) is 0 Å². The molecule has 0 bridgehead atoms. The van der Waals surface area contributed by atoms with Crippen LogP contribution < -0.4 is 10.6 Å². The maximum Gasteiger partial charge on any atom is 0.233 e. The van der Waals surface area contributed by atoms with Crippen LogP contribution in [0, 0.1) is 11.6 Å². The Morgan fingerprint density at radius 3 is 2.76 bits per heavy atom. The summed E-state index contributed by atoms with van der Waals surface area (Å²) in [5, 5.41) is 14.7. The molecule has 0 aliphatic rings. The number of likely N-dealkylation sites (N-methyl/N-ethyl adjacent to an activating group) is 1. The first kappa shape index (κ1) is 13.5. The zero-order chi connectivity index (χ0) is 12.8. The van der Waals surface area contributed by atoms with Gasteiger partial charge in [-0.15, -0.1) is 0 Å². The minimum Gasteiger partial charge on any atom is -0.387 e. The Bertz CT molecular complexity index is 399. The lowest BCUT2D eigenvalue weighted by Crippen LogP contribution is -2.33. The minimum absolute atomic E-state index is 0.00388. The zero-order valence-electron chi connectivity index (χ0n) is 9.34. The number of carbonyl (C=O) groups is 1. The highest BCUT2D eigenvalue weighted by molar-refractivity contribution is 5.77. The maximum absolute atomic E-state index is 13.2. The van der Waals surface area contributed by atoms with Crippen LogP contribution in [0.1, 0.15) is 11.7 Å². The van der Waals surface area contributed by atoms with Crippen LogP contribution in [0.5, 0.6) is 0 Å². The van der Waals surface area contributed by atoms with Crippen molar-refractivity contribution in [2.45, 2.75) is 6.10 Å². The first-order valence-corrected chi connectivity index (χ1v) is 5.09. The highest BCUT2D eigenvalue weighted by Gasteiger charge is 2.13. The van der Waals surface area contributed by atoms with Crippen LogP contribution in [0.2, 0.25) is 0 Å². The number of rotatable bonds is 5. The van der Waals surface area contributed by atoms with Crippen molar-refractivity contribution in [3.8, 4) is 0 Å². The maximum atomic E-state index is 13.2. The van der Waals surface area contributed by atoms with Crippen LogP contribution in [-0.4, -0.2) is 31.2 Å². The van der Waals surface area contributed by atoms with Gasteiger partial charge in [0.15, 0.2) is 0 Å². The smallest absolute Gasteiger partial charge is 0.233 e. The summed E-state index contributed by atoms with van der Waals surface area (Å²) in [5.74, 6) is -1.74. The van der Waals surface area contributed by atoms with E-state index < -0.39 is 17.7 Å². The molecule has 94 valence electrons. The number of benzene rings is 1. The molecular formula is C11H14F2N2O2. The molecule has 6 heteroatoms. The molecule has 0 radical (unpaired) electrons. The fourth-order valence-corrected chi connectivity index (χ4v) is 1.29. The number of halogens is 2. The molecule has 0 heterocycles. The second-order valence-electron chi connectivity index (χ2n) is 3.49. The van der Waals surface area contributed by atoms with E-state index in [4.69, 9.17) is 0 Å². The standard InChI is InChI=1S/C11H14F2N2O2/c1-14-11(17)6-15-5-10(16)8-3-2-7(12)4-9(8)13/h2-4,10,15-16H,5-6H2,1H3,(H,14,17). The Morgan fingerprint density at radius 1 is 1.47 bits per heavy atom. The van der Waals surface area contributed by atoms with Gasteiger partial charge in [-0.05, 0) is 6.07 Å². The quantitative estimate of drug-likeness (QED) is 0.699. The van der Waals surface area contributed by atoms with Crippen LogP contribution in [0.25, 0.3) is 0 Å². The molecule has 4 nitrogen and oxygen atoms in total. The molecule has 0 saturated heterocycles. The van der Waals surface area contributed by atoms with Gasteiger partial charge >= 0.3 is 0 Å². The molecule has 0 fully saturated rings. The summed E-state index contributed by atoms with van der Waals surface area (Å²) in [5.41, 5.74) is -0.00388. The van der Waals surface area contributed by atoms with E-state index in [1.165, 1.54) is 13.1 Å². The topological polar surface area (TPSA) is 61.4 Å². The van der Waals surface area contributed by atoms with Crippen LogP contribution >= 0.6 is 0 Å². The van der Waals surface area contributed by atoms with Gasteiger partial charge in [0.25, 0.3) is 0 Å². The van der Waals surface area contributed by atoms with Crippen molar-refractivity contribution < 1.29 is 18.7 Å². The largest absolute Gasteiger partial charge is 0.387 e. The van der Waals surface area contributed by atoms with Crippen molar-refractivity contribution in [1.82, 2.24) is 10.6 Å². The fourth-order valence-electron chi connectivity index (χ4n) is 1.29. The SMILES string of the molecule is CNC(=O)CNCC(O)c1ccc(F)cc1F. The summed E-state index contributed by atoms with van der Waals surface area (Å²) in [4.78, 5) is 10.9. The summed E-state index contributed by atoms with van der Waals surface area (Å²) in [6.45, 7) is 0.0341. The van der Waals surface area contributed by atoms with Crippen molar-refractivity contribution in [2.75, 3.05) is 20.1 Å². The van der Waals surface area contributed by atoms with E-state index >= 15 is 0 Å². The van der Waals surface area contributed by atoms with Crippen LogP contribution in [-0.2, 0) is 4.79 Å². The van der Waals surface area contributed by atoms with E-state index in [0.717, 1.165) is 6.07 Å². The van der Waals surface area contributed by atoms with Gasteiger partial charge < -0.3 is 15.7 Å². The third kappa shape index (κ3) is 4.08. The molecule has 1 aromatic carbocycles. The lowest BCUT2D eigenvalue weighted by atomic mass is 10.1. The van der Waals surface area contributed by atoms with Gasteiger partial charge in [-0.2, -0.15) is 0 Å². The number of aliphatic hydroxyl groups excluding tert-OH is 1. The number of nitrogens with one attached hydrogen (secondary N) is 2. The van der Waals surface area contributed by atoms with Crippen molar-refractivity contribution in [3.05, 3.63) is 35.4 Å². The average molecular weight is 244 g/mol. The van der Waals surface area contributed by atoms with E-state index in [2.05, 4.69) is 10.6 Å².